The van der Waals surface area contributed by atoms with Gasteiger partial charge in [-0.25, -0.2) is 9.19 Å². The lowest BCUT2D eigenvalue weighted by atomic mass is 9.90. The Labute approximate surface area is 267 Å². The quantitative estimate of drug-likeness (QED) is 0.186. The van der Waals surface area contributed by atoms with Gasteiger partial charge in [0.2, 0.25) is 0 Å². The third-order valence-corrected chi connectivity index (χ3v) is 11.1. The van der Waals surface area contributed by atoms with Crippen molar-refractivity contribution >= 4 is 37.1 Å². The van der Waals surface area contributed by atoms with Crippen molar-refractivity contribution in [3.05, 3.63) is 164 Å². The lowest BCUT2D eigenvalue weighted by Gasteiger charge is -2.22. The van der Waals surface area contributed by atoms with E-state index in [1.165, 1.54) is 5.56 Å². The molecule has 0 amide bonds. The molecule has 46 heavy (non-hydrogen) atoms. The van der Waals surface area contributed by atoms with Crippen LogP contribution < -0.4 is 0 Å². The maximum Gasteiger partial charge on any atom is 0.176 e. The fourth-order valence-corrected chi connectivity index (χ4v) is 8.91. The van der Waals surface area contributed by atoms with Crippen LogP contribution >= 0.6 is 0 Å². The molecule has 1 atom stereocenters. The SMILES string of the molecule is O=S1(c2ccccc2)=Nc2c(nc(-c3ccccc3)n2-c2c3ccccc3c(-c3ccccc3)c3ccccc23)-c2ccccc21. The molecule has 0 bridgehead atoms. The van der Waals surface area contributed by atoms with Crippen LogP contribution in [0.4, 0.5) is 5.82 Å². The van der Waals surface area contributed by atoms with Gasteiger partial charge in [0.1, 0.15) is 21.2 Å². The first kappa shape index (κ1) is 26.6. The summed E-state index contributed by atoms with van der Waals surface area (Å²) in [7, 11) is -3.03. The summed E-state index contributed by atoms with van der Waals surface area (Å²) in [6, 6.07) is 55.4. The number of nitrogens with zero attached hydrogens (tertiary/aromatic N) is 3. The number of benzene rings is 7. The van der Waals surface area contributed by atoms with Crippen molar-refractivity contribution in [3.63, 3.8) is 0 Å². The van der Waals surface area contributed by atoms with Gasteiger partial charge >= 0.3 is 0 Å². The Kier molecular flexibility index (Phi) is 6.02. The maximum atomic E-state index is 15.3. The summed E-state index contributed by atoms with van der Waals surface area (Å²) in [5.41, 5.74) is 5.83. The largest absolute Gasteiger partial charge is 0.275 e. The fourth-order valence-electron chi connectivity index (χ4n) is 6.79. The van der Waals surface area contributed by atoms with Crippen LogP contribution in [0.1, 0.15) is 0 Å². The number of hydrogen-bond donors (Lipinski definition) is 0. The molecule has 0 aliphatic carbocycles. The van der Waals surface area contributed by atoms with Crippen molar-refractivity contribution < 1.29 is 4.21 Å². The average molecular weight is 610 g/mol. The number of fused-ring (bicyclic) bond motifs is 5. The molecule has 0 N–H and O–H groups in total. The Morgan fingerprint density at radius 1 is 0.500 bits per heavy atom. The lowest BCUT2D eigenvalue weighted by Crippen LogP contribution is -2.09. The third kappa shape index (κ3) is 3.92. The van der Waals surface area contributed by atoms with Crippen molar-refractivity contribution in [3.8, 4) is 39.5 Å². The van der Waals surface area contributed by atoms with E-state index in [-0.39, 0.29) is 0 Å². The second-order valence-corrected chi connectivity index (χ2v) is 13.6. The highest BCUT2D eigenvalue weighted by Crippen LogP contribution is 2.49. The van der Waals surface area contributed by atoms with Gasteiger partial charge in [0, 0.05) is 21.9 Å². The highest BCUT2D eigenvalue weighted by molar-refractivity contribution is 7.94. The first-order valence-corrected chi connectivity index (χ1v) is 16.8. The minimum absolute atomic E-state index is 0.592. The number of imidazole rings is 1. The van der Waals surface area contributed by atoms with Crippen LogP contribution in [0.2, 0.25) is 0 Å². The summed E-state index contributed by atoms with van der Waals surface area (Å²) >= 11 is 0. The van der Waals surface area contributed by atoms with Gasteiger partial charge in [-0.3, -0.25) is 4.57 Å². The van der Waals surface area contributed by atoms with Gasteiger partial charge in [0.25, 0.3) is 0 Å². The predicted molar refractivity (Wildman–Crippen MR) is 188 cm³/mol. The van der Waals surface area contributed by atoms with E-state index in [2.05, 4.69) is 95.6 Å². The molecule has 0 saturated heterocycles. The Balaban J connectivity index is 1.49. The topological polar surface area (TPSA) is 47.2 Å². The summed E-state index contributed by atoms with van der Waals surface area (Å²) in [6.45, 7) is 0. The van der Waals surface area contributed by atoms with E-state index in [1.807, 2.05) is 72.8 Å². The van der Waals surface area contributed by atoms with Gasteiger partial charge in [-0.2, -0.15) is 4.36 Å². The molecule has 0 fully saturated rings. The average Bonchev–Trinajstić information content (AvgIpc) is 3.50. The predicted octanol–water partition coefficient (Wildman–Crippen LogP) is 10.7. The minimum Gasteiger partial charge on any atom is -0.275 e. The van der Waals surface area contributed by atoms with Crippen molar-refractivity contribution in [1.82, 2.24) is 9.55 Å². The normalized spacial score (nSPS) is 15.3. The van der Waals surface area contributed by atoms with Crippen LogP contribution in [0.5, 0.6) is 0 Å². The molecule has 9 rings (SSSR count). The van der Waals surface area contributed by atoms with Gasteiger partial charge in [0.05, 0.1) is 15.5 Å². The van der Waals surface area contributed by atoms with Crippen LogP contribution in [0.25, 0.3) is 61.0 Å². The van der Waals surface area contributed by atoms with Gasteiger partial charge < -0.3 is 0 Å². The molecule has 0 radical (unpaired) electrons. The first-order valence-electron chi connectivity index (χ1n) is 15.3. The molecule has 218 valence electrons. The first-order chi connectivity index (χ1) is 22.7. The van der Waals surface area contributed by atoms with Gasteiger partial charge in [0.15, 0.2) is 5.82 Å². The summed E-state index contributed by atoms with van der Waals surface area (Å²) in [5.74, 6) is 1.35. The Bertz CT molecular complexity index is 2510. The molecular formula is C41H27N3OS. The maximum absolute atomic E-state index is 15.3. The molecule has 1 aliphatic rings. The second-order valence-electron chi connectivity index (χ2n) is 11.4. The van der Waals surface area contributed by atoms with Crippen LogP contribution in [-0.4, -0.2) is 13.8 Å². The zero-order valence-electron chi connectivity index (χ0n) is 24.7. The van der Waals surface area contributed by atoms with Crippen LogP contribution in [0.15, 0.2) is 178 Å². The van der Waals surface area contributed by atoms with Crippen molar-refractivity contribution in [1.29, 1.82) is 0 Å². The summed E-state index contributed by atoms with van der Waals surface area (Å²) in [4.78, 5) is 6.70. The molecule has 4 nitrogen and oxygen atoms in total. The van der Waals surface area contributed by atoms with Gasteiger partial charge in [-0.1, -0.05) is 146 Å². The van der Waals surface area contributed by atoms with E-state index in [0.717, 1.165) is 55.4 Å². The van der Waals surface area contributed by atoms with E-state index >= 15 is 4.21 Å². The summed E-state index contributed by atoms with van der Waals surface area (Å²) in [5, 5.41) is 4.39. The molecule has 0 saturated carbocycles. The van der Waals surface area contributed by atoms with E-state index in [0.29, 0.717) is 15.6 Å². The standard InChI is InChI=1S/C41H27N3OS/c45-46(30-20-8-3-9-21-30)36-27-15-14-26-35(36)38-41(43-46)44(40(42-38)29-18-6-2-7-19-29)39-33-24-12-10-22-31(33)37(28-16-4-1-5-17-28)32-23-11-13-25-34(32)39/h1-27H. The molecule has 1 unspecified atom stereocenters. The van der Waals surface area contributed by atoms with Crippen molar-refractivity contribution in [2.45, 2.75) is 9.79 Å². The molecule has 7 aromatic carbocycles. The number of aromatic nitrogens is 2. The molecule has 2 heterocycles. The third-order valence-electron chi connectivity index (χ3n) is 8.79. The van der Waals surface area contributed by atoms with E-state index in [9.17, 15) is 0 Å². The van der Waals surface area contributed by atoms with Gasteiger partial charge in [-0.15, -0.1) is 0 Å². The highest BCUT2D eigenvalue weighted by atomic mass is 32.2. The van der Waals surface area contributed by atoms with E-state index < -0.39 is 9.73 Å². The molecule has 1 aliphatic heterocycles. The molecule has 5 heteroatoms. The van der Waals surface area contributed by atoms with Crippen LogP contribution in [0, 0.1) is 0 Å². The Morgan fingerprint density at radius 3 is 1.63 bits per heavy atom. The zero-order valence-corrected chi connectivity index (χ0v) is 25.6. The monoisotopic (exact) mass is 609 g/mol. The summed E-state index contributed by atoms with van der Waals surface area (Å²) in [6.07, 6.45) is 0. The molecular weight excluding hydrogens is 583 g/mol. The second kappa shape index (κ2) is 10.4. The molecule has 1 aromatic heterocycles. The minimum atomic E-state index is -3.03. The molecule has 8 aromatic rings. The highest BCUT2D eigenvalue weighted by Gasteiger charge is 2.33. The molecule has 0 spiro atoms. The smallest absolute Gasteiger partial charge is 0.176 e. The van der Waals surface area contributed by atoms with Crippen LogP contribution in [0.3, 0.4) is 0 Å². The Hall–Kier alpha value is -5.78. The van der Waals surface area contributed by atoms with Gasteiger partial charge in [-0.05, 0) is 40.1 Å². The van der Waals surface area contributed by atoms with Crippen molar-refractivity contribution in [2.24, 2.45) is 4.36 Å². The number of hydrogen-bond acceptors (Lipinski definition) is 3. The van der Waals surface area contributed by atoms with E-state index in [1.54, 1.807) is 0 Å². The Morgan fingerprint density at radius 2 is 1.00 bits per heavy atom. The van der Waals surface area contributed by atoms with Crippen LogP contribution in [-0.2, 0) is 9.73 Å². The fraction of sp³-hybridized carbons (Fsp3) is 0. The zero-order chi connectivity index (χ0) is 30.7. The summed E-state index contributed by atoms with van der Waals surface area (Å²) < 4.78 is 22.7. The number of rotatable bonds is 4. The van der Waals surface area contributed by atoms with E-state index in [4.69, 9.17) is 9.35 Å². The lowest BCUT2D eigenvalue weighted by molar-refractivity contribution is 0.676. The van der Waals surface area contributed by atoms with Crippen molar-refractivity contribution in [2.75, 3.05) is 0 Å².